The van der Waals surface area contributed by atoms with E-state index in [0.29, 0.717) is 6.61 Å². The van der Waals surface area contributed by atoms with Crippen LogP contribution in [-0.2, 0) is 18.0 Å². The first-order valence-corrected chi connectivity index (χ1v) is 7.43. The van der Waals surface area contributed by atoms with Gasteiger partial charge in [0.25, 0.3) is 0 Å². The fourth-order valence-electron chi connectivity index (χ4n) is 2.53. The van der Waals surface area contributed by atoms with E-state index in [1.807, 2.05) is 0 Å². The number of rotatable bonds is 6. The number of hydrogen-bond donors (Lipinski definition) is 1. The number of ether oxygens (including phenoxy) is 1. The lowest BCUT2D eigenvalue weighted by Gasteiger charge is -2.14. The summed E-state index contributed by atoms with van der Waals surface area (Å²) in [6.45, 7) is 4.99. The SMILES string of the molecule is CCCC1CCN(c2nc(COC)c(CO)s2)C1. The number of hydrogen-bond acceptors (Lipinski definition) is 5. The Labute approximate surface area is 113 Å². The third-order valence-electron chi connectivity index (χ3n) is 3.44. The van der Waals surface area contributed by atoms with Crippen LogP contribution in [0.25, 0.3) is 0 Å². The van der Waals surface area contributed by atoms with Gasteiger partial charge in [-0.1, -0.05) is 24.7 Å². The normalized spacial score (nSPS) is 19.7. The van der Waals surface area contributed by atoms with E-state index >= 15 is 0 Å². The van der Waals surface area contributed by atoms with Crippen molar-refractivity contribution in [3.05, 3.63) is 10.6 Å². The number of anilines is 1. The molecule has 0 radical (unpaired) electrons. The molecule has 1 fully saturated rings. The zero-order valence-electron chi connectivity index (χ0n) is 11.2. The zero-order valence-corrected chi connectivity index (χ0v) is 12.0. The van der Waals surface area contributed by atoms with Crippen LogP contribution in [0.15, 0.2) is 0 Å². The maximum absolute atomic E-state index is 9.33. The summed E-state index contributed by atoms with van der Waals surface area (Å²) in [5.74, 6) is 0.808. The molecule has 1 unspecified atom stereocenters. The van der Waals surface area contributed by atoms with Crippen molar-refractivity contribution < 1.29 is 9.84 Å². The van der Waals surface area contributed by atoms with Gasteiger partial charge in [0.2, 0.25) is 0 Å². The number of aliphatic hydroxyl groups excluding tert-OH is 1. The minimum Gasteiger partial charge on any atom is -0.391 e. The summed E-state index contributed by atoms with van der Waals surface area (Å²) in [6, 6.07) is 0. The molecular formula is C13H22N2O2S. The van der Waals surface area contributed by atoms with Crippen LogP contribution in [0.1, 0.15) is 36.8 Å². The predicted octanol–water partition coefficient (Wildman–Crippen LogP) is 2.41. The summed E-state index contributed by atoms with van der Waals surface area (Å²) in [7, 11) is 1.66. The molecular weight excluding hydrogens is 248 g/mol. The highest BCUT2D eigenvalue weighted by Crippen LogP contribution is 2.32. The molecule has 1 aromatic rings. The van der Waals surface area contributed by atoms with Crippen LogP contribution in [0, 0.1) is 5.92 Å². The summed E-state index contributed by atoms with van der Waals surface area (Å²) in [6.07, 6.45) is 3.83. The second-order valence-corrected chi connectivity index (χ2v) is 5.91. The van der Waals surface area contributed by atoms with Crippen molar-refractivity contribution in [3.63, 3.8) is 0 Å². The fraction of sp³-hybridized carbons (Fsp3) is 0.769. The molecule has 0 aliphatic carbocycles. The number of methoxy groups -OCH3 is 1. The summed E-state index contributed by atoms with van der Waals surface area (Å²) >= 11 is 1.60. The van der Waals surface area contributed by atoms with E-state index < -0.39 is 0 Å². The van der Waals surface area contributed by atoms with Crippen molar-refractivity contribution in [3.8, 4) is 0 Å². The van der Waals surface area contributed by atoms with Crippen LogP contribution in [0.2, 0.25) is 0 Å². The van der Waals surface area contributed by atoms with Gasteiger partial charge in [-0.15, -0.1) is 0 Å². The van der Waals surface area contributed by atoms with Crippen LogP contribution in [-0.4, -0.2) is 30.3 Å². The van der Waals surface area contributed by atoms with Crippen LogP contribution < -0.4 is 4.90 Å². The van der Waals surface area contributed by atoms with Crippen molar-refractivity contribution in [2.45, 2.75) is 39.4 Å². The topological polar surface area (TPSA) is 45.6 Å². The van der Waals surface area contributed by atoms with E-state index in [1.54, 1.807) is 18.4 Å². The third kappa shape index (κ3) is 3.02. The van der Waals surface area contributed by atoms with Crippen LogP contribution in [0.4, 0.5) is 5.13 Å². The van der Waals surface area contributed by atoms with Gasteiger partial charge in [-0.25, -0.2) is 4.98 Å². The minimum atomic E-state index is 0.0581. The molecule has 0 aromatic carbocycles. The molecule has 1 aliphatic rings. The quantitative estimate of drug-likeness (QED) is 0.862. The Balaban J connectivity index is 2.05. The first-order chi connectivity index (χ1) is 8.78. The molecule has 1 saturated heterocycles. The zero-order chi connectivity index (χ0) is 13.0. The van der Waals surface area contributed by atoms with Gasteiger partial charge in [0.15, 0.2) is 5.13 Å². The van der Waals surface area contributed by atoms with Gasteiger partial charge in [0.1, 0.15) is 0 Å². The third-order valence-corrected chi connectivity index (χ3v) is 4.59. The number of aliphatic hydroxyl groups is 1. The molecule has 4 nitrogen and oxygen atoms in total. The molecule has 0 saturated carbocycles. The fourth-order valence-corrected chi connectivity index (χ4v) is 3.49. The standard InChI is InChI=1S/C13H22N2O2S/c1-3-4-10-5-6-15(7-10)13-14-11(9-17-2)12(8-16)18-13/h10,16H,3-9H2,1-2H3. The van der Waals surface area contributed by atoms with Crippen molar-refractivity contribution >= 4 is 16.5 Å². The lowest BCUT2D eigenvalue weighted by molar-refractivity contribution is 0.179. The highest BCUT2D eigenvalue weighted by molar-refractivity contribution is 7.15. The van der Waals surface area contributed by atoms with Gasteiger partial charge in [-0.3, -0.25) is 0 Å². The molecule has 1 N–H and O–H groups in total. The molecule has 102 valence electrons. The monoisotopic (exact) mass is 270 g/mol. The molecule has 18 heavy (non-hydrogen) atoms. The Morgan fingerprint density at radius 3 is 3.06 bits per heavy atom. The van der Waals surface area contributed by atoms with E-state index in [1.165, 1.54) is 19.3 Å². The second kappa shape index (κ2) is 6.50. The van der Waals surface area contributed by atoms with E-state index in [9.17, 15) is 5.11 Å². The Kier molecular flexibility index (Phi) is 4.97. The molecule has 2 heterocycles. The van der Waals surface area contributed by atoms with Crippen molar-refractivity contribution in [1.29, 1.82) is 0 Å². The van der Waals surface area contributed by atoms with Crippen LogP contribution in [0.3, 0.4) is 0 Å². The lowest BCUT2D eigenvalue weighted by atomic mass is 10.0. The molecule has 1 aromatic heterocycles. The van der Waals surface area contributed by atoms with E-state index in [0.717, 1.165) is 34.7 Å². The molecule has 0 bridgehead atoms. The van der Waals surface area contributed by atoms with Gasteiger partial charge >= 0.3 is 0 Å². The van der Waals surface area contributed by atoms with Crippen molar-refractivity contribution in [2.24, 2.45) is 5.92 Å². The van der Waals surface area contributed by atoms with E-state index in [4.69, 9.17) is 4.74 Å². The smallest absolute Gasteiger partial charge is 0.185 e. The maximum Gasteiger partial charge on any atom is 0.185 e. The molecule has 5 heteroatoms. The van der Waals surface area contributed by atoms with Crippen LogP contribution in [0.5, 0.6) is 0 Å². The molecule has 2 rings (SSSR count). The highest BCUT2D eigenvalue weighted by atomic mass is 32.1. The first kappa shape index (κ1) is 13.8. The predicted molar refractivity (Wildman–Crippen MR) is 74.0 cm³/mol. The summed E-state index contributed by atoms with van der Waals surface area (Å²) < 4.78 is 5.12. The number of aromatic nitrogens is 1. The number of nitrogens with zero attached hydrogens (tertiary/aromatic N) is 2. The van der Waals surface area contributed by atoms with Gasteiger partial charge in [0, 0.05) is 20.2 Å². The summed E-state index contributed by atoms with van der Waals surface area (Å²) in [5.41, 5.74) is 0.888. The van der Waals surface area contributed by atoms with Crippen molar-refractivity contribution in [2.75, 3.05) is 25.1 Å². The number of thiazole rings is 1. The van der Waals surface area contributed by atoms with Gasteiger partial charge in [-0.05, 0) is 18.8 Å². The molecule has 0 spiro atoms. The largest absolute Gasteiger partial charge is 0.391 e. The highest BCUT2D eigenvalue weighted by Gasteiger charge is 2.25. The van der Waals surface area contributed by atoms with E-state index in [-0.39, 0.29) is 6.61 Å². The maximum atomic E-state index is 9.33. The summed E-state index contributed by atoms with van der Waals surface area (Å²) in [4.78, 5) is 7.89. The minimum absolute atomic E-state index is 0.0581. The Bertz CT molecular complexity index is 381. The van der Waals surface area contributed by atoms with Gasteiger partial charge in [-0.2, -0.15) is 0 Å². The first-order valence-electron chi connectivity index (χ1n) is 6.61. The Morgan fingerprint density at radius 2 is 2.39 bits per heavy atom. The average molecular weight is 270 g/mol. The second-order valence-electron chi connectivity index (χ2n) is 4.85. The molecule has 0 amide bonds. The van der Waals surface area contributed by atoms with Gasteiger partial charge < -0.3 is 14.7 Å². The lowest BCUT2D eigenvalue weighted by Crippen LogP contribution is -2.19. The van der Waals surface area contributed by atoms with Crippen LogP contribution >= 0.6 is 11.3 Å². The van der Waals surface area contributed by atoms with Crippen molar-refractivity contribution in [1.82, 2.24) is 4.98 Å². The van der Waals surface area contributed by atoms with E-state index in [2.05, 4.69) is 16.8 Å². The van der Waals surface area contributed by atoms with Gasteiger partial charge in [0.05, 0.1) is 23.8 Å². The summed E-state index contributed by atoms with van der Waals surface area (Å²) in [5, 5.41) is 10.4. The Morgan fingerprint density at radius 1 is 1.56 bits per heavy atom. The Hall–Kier alpha value is -0.650. The molecule has 1 aliphatic heterocycles. The average Bonchev–Trinajstić information content (AvgIpc) is 2.96. The molecule has 1 atom stereocenters.